The molecule has 128 valence electrons. The first kappa shape index (κ1) is 18.2. The van der Waals surface area contributed by atoms with E-state index in [1.54, 1.807) is 6.92 Å². The minimum atomic E-state index is -3.80. The van der Waals surface area contributed by atoms with Crippen LogP contribution in [0.5, 0.6) is 0 Å². The number of nitrogens with one attached hydrogen (secondary N) is 1. The molecule has 0 spiro atoms. The average Bonchev–Trinajstić information content (AvgIpc) is 2.92. The summed E-state index contributed by atoms with van der Waals surface area (Å²) >= 11 is 6.61. The summed E-state index contributed by atoms with van der Waals surface area (Å²) in [7, 11) is -3.80. The number of nitrogens with zero attached hydrogens (tertiary/aromatic N) is 1. The van der Waals surface area contributed by atoms with E-state index in [-0.39, 0.29) is 4.21 Å². The van der Waals surface area contributed by atoms with Crippen LogP contribution in [-0.4, -0.2) is 49.4 Å². The number of likely N-dealkylation sites (tertiary alicyclic amines) is 1. The van der Waals surface area contributed by atoms with Gasteiger partial charge in [0.1, 0.15) is 4.21 Å². The standard InChI is InChI=1S/C13H17ClN2O5S2/c1-8-9(13(18)19)3-2-6-16(8)11(17)7-15-23(20,21)12-5-4-10(14)22-12/h4-5,8-9,15H,2-3,6-7H2,1H3,(H,18,19)/t8-,9-/m1/s1. The Bertz CT molecular complexity index is 703. The number of amides is 1. The van der Waals surface area contributed by atoms with Crippen molar-refractivity contribution in [1.82, 2.24) is 9.62 Å². The summed E-state index contributed by atoms with van der Waals surface area (Å²) in [5.74, 6) is -2.00. The highest BCUT2D eigenvalue weighted by Gasteiger charge is 2.35. The molecule has 10 heteroatoms. The van der Waals surface area contributed by atoms with Gasteiger partial charge in [-0.1, -0.05) is 11.6 Å². The zero-order chi connectivity index (χ0) is 17.2. The summed E-state index contributed by atoms with van der Waals surface area (Å²) in [6.45, 7) is 1.69. The lowest BCUT2D eigenvalue weighted by molar-refractivity contribution is -0.148. The molecule has 1 aromatic heterocycles. The number of hydrogen-bond donors (Lipinski definition) is 2. The van der Waals surface area contributed by atoms with Crippen LogP contribution in [0.15, 0.2) is 16.3 Å². The minimum absolute atomic E-state index is 0.0328. The molecule has 1 amide bonds. The Morgan fingerprint density at radius 1 is 1.48 bits per heavy atom. The van der Waals surface area contributed by atoms with E-state index in [4.69, 9.17) is 16.7 Å². The second-order valence-electron chi connectivity index (χ2n) is 5.30. The van der Waals surface area contributed by atoms with E-state index in [0.29, 0.717) is 23.7 Å². The molecule has 0 radical (unpaired) electrons. The third-order valence-electron chi connectivity index (χ3n) is 3.85. The van der Waals surface area contributed by atoms with Crippen LogP contribution < -0.4 is 4.72 Å². The summed E-state index contributed by atoms with van der Waals surface area (Å²) in [5, 5.41) is 9.16. The summed E-state index contributed by atoms with van der Waals surface area (Å²) < 4.78 is 26.7. The average molecular weight is 381 g/mol. The number of piperidine rings is 1. The predicted octanol–water partition coefficient (Wildman–Crippen LogP) is 1.39. The Balaban J connectivity index is 2.00. The molecule has 23 heavy (non-hydrogen) atoms. The number of thiophene rings is 1. The van der Waals surface area contributed by atoms with E-state index in [9.17, 15) is 18.0 Å². The molecule has 1 aliphatic rings. The normalized spacial score (nSPS) is 22.1. The van der Waals surface area contributed by atoms with Crippen molar-refractivity contribution < 1.29 is 23.1 Å². The number of carboxylic acid groups (broad SMARTS) is 1. The van der Waals surface area contributed by atoms with Crippen LogP contribution in [0.2, 0.25) is 4.34 Å². The third kappa shape index (κ3) is 4.23. The van der Waals surface area contributed by atoms with Crippen molar-refractivity contribution in [1.29, 1.82) is 0 Å². The molecule has 7 nitrogen and oxygen atoms in total. The molecule has 2 rings (SSSR count). The fraction of sp³-hybridized carbons (Fsp3) is 0.538. The first-order chi connectivity index (χ1) is 10.7. The maximum Gasteiger partial charge on any atom is 0.308 e. The van der Waals surface area contributed by atoms with E-state index in [2.05, 4.69) is 4.72 Å². The van der Waals surface area contributed by atoms with Gasteiger partial charge in [-0.3, -0.25) is 9.59 Å². The number of carbonyl (C=O) groups excluding carboxylic acids is 1. The van der Waals surface area contributed by atoms with Crippen molar-refractivity contribution in [3.63, 3.8) is 0 Å². The molecule has 0 bridgehead atoms. The van der Waals surface area contributed by atoms with Gasteiger partial charge in [0, 0.05) is 12.6 Å². The number of sulfonamides is 1. The molecule has 1 aromatic rings. The molecule has 1 saturated heterocycles. The number of halogens is 1. The van der Waals surface area contributed by atoms with Crippen molar-refractivity contribution in [2.45, 2.75) is 30.0 Å². The first-order valence-corrected chi connectivity index (χ1v) is 9.67. The molecule has 1 fully saturated rings. The maximum absolute atomic E-state index is 12.2. The van der Waals surface area contributed by atoms with Crippen LogP contribution in [0.25, 0.3) is 0 Å². The topological polar surface area (TPSA) is 104 Å². The molecule has 0 saturated carbocycles. The van der Waals surface area contributed by atoms with Crippen molar-refractivity contribution in [2.24, 2.45) is 5.92 Å². The van der Waals surface area contributed by atoms with Gasteiger partial charge in [0.25, 0.3) is 10.0 Å². The molecular formula is C13H17ClN2O5S2. The van der Waals surface area contributed by atoms with Crippen LogP contribution in [0, 0.1) is 5.92 Å². The van der Waals surface area contributed by atoms with Crippen LogP contribution in [0.1, 0.15) is 19.8 Å². The van der Waals surface area contributed by atoms with Crippen molar-refractivity contribution in [3.8, 4) is 0 Å². The number of carboxylic acids is 1. The zero-order valence-corrected chi connectivity index (χ0v) is 14.7. The smallest absolute Gasteiger partial charge is 0.308 e. The van der Waals surface area contributed by atoms with Gasteiger partial charge in [0.15, 0.2) is 0 Å². The van der Waals surface area contributed by atoms with E-state index in [1.165, 1.54) is 17.0 Å². The molecule has 2 heterocycles. The lowest BCUT2D eigenvalue weighted by atomic mass is 9.90. The highest BCUT2D eigenvalue weighted by molar-refractivity contribution is 7.91. The Morgan fingerprint density at radius 3 is 2.74 bits per heavy atom. The number of hydrogen-bond acceptors (Lipinski definition) is 5. The molecule has 0 unspecified atom stereocenters. The lowest BCUT2D eigenvalue weighted by Crippen LogP contribution is -2.51. The Hall–Kier alpha value is -1.16. The van der Waals surface area contributed by atoms with Crippen molar-refractivity contribution in [2.75, 3.05) is 13.1 Å². The molecule has 2 atom stereocenters. The van der Waals surface area contributed by atoms with E-state index in [0.717, 1.165) is 11.3 Å². The maximum atomic E-state index is 12.2. The molecule has 2 N–H and O–H groups in total. The molecule has 1 aliphatic heterocycles. The Morgan fingerprint density at radius 2 is 2.17 bits per heavy atom. The van der Waals surface area contributed by atoms with Gasteiger partial charge in [-0.05, 0) is 31.9 Å². The Labute approximate surface area is 143 Å². The summed E-state index contributed by atoms with van der Waals surface area (Å²) in [6, 6.07) is 2.37. The number of carbonyl (C=O) groups is 2. The highest BCUT2D eigenvalue weighted by atomic mass is 35.5. The largest absolute Gasteiger partial charge is 0.481 e. The van der Waals surface area contributed by atoms with Gasteiger partial charge >= 0.3 is 5.97 Å². The van der Waals surface area contributed by atoms with Gasteiger partial charge in [0.05, 0.1) is 16.8 Å². The van der Waals surface area contributed by atoms with Gasteiger partial charge in [-0.2, -0.15) is 0 Å². The quantitative estimate of drug-likeness (QED) is 0.803. The number of aliphatic carboxylic acids is 1. The van der Waals surface area contributed by atoms with Crippen LogP contribution >= 0.6 is 22.9 Å². The van der Waals surface area contributed by atoms with Gasteiger partial charge < -0.3 is 10.0 Å². The third-order valence-corrected chi connectivity index (χ3v) is 6.98. The Kier molecular flexibility index (Phi) is 5.66. The van der Waals surface area contributed by atoms with Crippen LogP contribution in [-0.2, 0) is 19.6 Å². The van der Waals surface area contributed by atoms with Crippen molar-refractivity contribution in [3.05, 3.63) is 16.5 Å². The lowest BCUT2D eigenvalue weighted by Gasteiger charge is -2.37. The molecule has 0 aromatic carbocycles. The van der Waals surface area contributed by atoms with Gasteiger partial charge in [0.2, 0.25) is 5.91 Å². The summed E-state index contributed by atoms with van der Waals surface area (Å²) in [5.41, 5.74) is 0. The highest BCUT2D eigenvalue weighted by Crippen LogP contribution is 2.26. The molecular weight excluding hydrogens is 364 g/mol. The second kappa shape index (κ2) is 7.16. The van der Waals surface area contributed by atoms with Crippen molar-refractivity contribution >= 4 is 44.8 Å². The van der Waals surface area contributed by atoms with E-state index in [1.807, 2.05) is 0 Å². The molecule has 0 aliphatic carbocycles. The van der Waals surface area contributed by atoms with E-state index < -0.39 is 40.4 Å². The summed E-state index contributed by atoms with van der Waals surface area (Å²) in [4.78, 5) is 24.8. The van der Waals surface area contributed by atoms with Gasteiger partial charge in [-0.15, -0.1) is 11.3 Å². The predicted molar refractivity (Wildman–Crippen MR) is 86.1 cm³/mol. The fourth-order valence-corrected chi connectivity index (χ4v) is 5.10. The summed E-state index contributed by atoms with van der Waals surface area (Å²) in [6.07, 6.45) is 1.10. The zero-order valence-electron chi connectivity index (χ0n) is 12.4. The second-order valence-corrected chi connectivity index (χ2v) is 9.01. The minimum Gasteiger partial charge on any atom is -0.481 e. The van der Waals surface area contributed by atoms with Gasteiger partial charge in [-0.25, -0.2) is 13.1 Å². The SMILES string of the molecule is C[C@@H]1[C@H](C(=O)O)CCCN1C(=O)CNS(=O)(=O)c1ccc(Cl)s1. The van der Waals surface area contributed by atoms with Crippen LogP contribution in [0.3, 0.4) is 0 Å². The fourth-order valence-electron chi connectivity index (χ4n) is 2.60. The van der Waals surface area contributed by atoms with E-state index >= 15 is 0 Å². The first-order valence-electron chi connectivity index (χ1n) is 6.99. The van der Waals surface area contributed by atoms with Crippen LogP contribution in [0.4, 0.5) is 0 Å². The number of rotatable bonds is 5. The monoisotopic (exact) mass is 380 g/mol.